The number of ether oxygens (including phenoxy) is 1. The van der Waals surface area contributed by atoms with E-state index >= 15 is 0 Å². The number of carbonyl (C=O) groups is 1. The number of nitrogens with one attached hydrogen (secondary N) is 1. The first-order chi connectivity index (χ1) is 11.1. The second-order valence-electron chi connectivity index (χ2n) is 4.73. The number of anilines is 1. The third kappa shape index (κ3) is 4.50. The molecule has 0 saturated heterocycles. The first-order valence-electron chi connectivity index (χ1n) is 6.98. The van der Waals surface area contributed by atoms with Crippen LogP contribution in [0.2, 0.25) is 0 Å². The van der Waals surface area contributed by atoms with Gasteiger partial charge >= 0.3 is 5.97 Å². The van der Waals surface area contributed by atoms with Crippen LogP contribution in [0.5, 0.6) is 5.75 Å². The highest BCUT2D eigenvalue weighted by Crippen LogP contribution is 2.23. The van der Waals surface area contributed by atoms with E-state index in [0.29, 0.717) is 12.2 Å². The lowest BCUT2D eigenvalue weighted by Crippen LogP contribution is -2.03. The lowest BCUT2D eigenvalue weighted by molar-refractivity contribution is 0.0597. The second-order valence-corrected chi connectivity index (χ2v) is 4.73. The van der Waals surface area contributed by atoms with Gasteiger partial charge in [0.1, 0.15) is 17.9 Å². The van der Waals surface area contributed by atoms with Crippen molar-refractivity contribution in [3.63, 3.8) is 0 Å². The SMILES string of the molecule is COC(=O)c1ccc(NCc2ccc(C#CCO)cc2)cc1O. The molecule has 0 saturated carbocycles. The van der Waals surface area contributed by atoms with Crippen LogP contribution in [0.1, 0.15) is 21.5 Å². The molecule has 23 heavy (non-hydrogen) atoms. The minimum atomic E-state index is -0.575. The van der Waals surface area contributed by atoms with Crippen LogP contribution in [0.4, 0.5) is 5.69 Å². The van der Waals surface area contributed by atoms with E-state index in [2.05, 4.69) is 21.9 Å². The molecule has 0 aliphatic heterocycles. The summed E-state index contributed by atoms with van der Waals surface area (Å²) in [7, 11) is 1.27. The standard InChI is InChI=1S/C18H17NO4/c1-23-18(22)16-9-8-15(11-17(16)21)19-12-14-6-4-13(5-7-14)3-2-10-20/h4-9,11,19-21H,10,12H2,1H3. The van der Waals surface area contributed by atoms with Gasteiger partial charge in [-0.25, -0.2) is 4.79 Å². The van der Waals surface area contributed by atoms with E-state index in [9.17, 15) is 9.90 Å². The Kier molecular flexibility index (Phi) is 5.61. The molecule has 0 heterocycles. The normalized spacial score (nSPS) is 9.65. The van der Waals surface area contributed by atoms with Crippen molar-refractivity contribution in [2.45, 2.75) is 6.54 Å². The number of benzene rings is 2. The molecule has 0 atom stereocenters. The first kappa shape index (κ1) is 16.4. The van der Waals surface area contributed by atoms with E-state index in [1.165, 1.54) is 19.2 Å². The van der Waals surface area contributed by atoms with E-state index in [1.54, 1.807) is 6.07 Å². The summed E-state index contributed by atoms with van der Waals surface area (Å²) in [5.41, 5.74) is 2.70. The maximum absolute atomic E-state index is 11.4. The Hall–Kier alpha value is -2.97. The monoisotopic (exact) mass is 311 g/mol. The number of methoxy groups -OCH3 is 1. The minimum absolute atomic E-state index is 0.128. The fourth-order valence-corrected chi connectivity index (χ4v) is 1.98. The van der Waals surface area contributed by atoms with E-state index < -0.39 is 5.97 Å². The number of aliphatic hydroxyl groups excluding tert-OH is 1. The molecule has 0 amide bonds. The summed E-state index contributed by atoms with van der Waals surface area (Å²) in [5, 5.41) is 21.6. The molecule has 0 spiro atoms. The van der Waals surface area contributed by atoms with Gasteiger partial charge in [-0.2, -0.15) is 0 Å². The summed E-state index contributed by atoms with van der Waals surface area (Å²) in [6, 6.07) is 12.3. The summed E-state index contributed by atoms with van der Waals surface area (Å²) < 4.78 is 4.58. The highest BCUT2D eigenvalue weighted by molar-refractivity contribution is 5.92. The molecule has 5 nitrogen and oxygen atoms in total. The number of phenolic OH excluding ortho intramolecular Hbond substituents is 1. The quantitative estimate of drug-likeness (QED) is 0.595. The predicted octanol–water partition coefficient (Wildman–Crippen LogP) is 2.13. The first-order valence-corrected chi connectivity index (χ1v) is 6.98. The van der Waals surface area contributed by atoms with Crippen molar-refractivity contribution in [3.8, 4) is 17.6 Å². The van der Waals surface area contributed by atoms with Gasteiger partial charge in [0.2, 0.25) is 0 Å². The molecule has 0 aliphatic carbocycles. The number of rotatable bonds is 4. The number of aliphatic hydroxyl groups is 1. The maximum atomic E-state index is 11.4. The van der Waals surface area contributed by atoms with Crippen molar-refractivity contribution in [3.05, 3.63) is 59.2 Å². The predicted molar refractivity (Wildman–Crippen MR) is 87.2 cm³/mol. The minimum Gasteiger partial charge on any atom is -0.507 e. The third-order valence-corrected chi connectivity index (χ3v) is 3.17. The molecule has 0 fully saturated rings. The fourth-order valence-electron chi connectivity index (χ4n) is 1.98. The molecular formula is C18H17NO4. The van der Waals surface area contributed by atoms with E-state index in [0.717, 1.165) is 11.1 Å². The zero-order valence-electron chi connectivity index (χ0n) is 12.7. The van der Waals surface area contributed by atoms with Crippen LogP contribution in [0.3, 0.4) is 0 Å². The highest BCUT2D eigenvalue weighted by atomic mass is 16.5. The molecule has 2 aromatic carbocycles. The average Bonchev–Trinajstić information content (AvgIpc) is 2.58. The van der Waals surface area contributed by atoms with E-state index in [-0.39, 0.29) is 17.9 Å². The van der Waals surface area contributed by atoms with Gasteiger partial charge in [0.15, 0.2) is 0 Å². The number of hydrogen-bond donors (Lipinski definition) is 3. The van der Waals surface area contributed by atoms with Crippen molar-refractivity contribution in [2.24, 2.45) is 0 Å². The van der Waals surface area contributed by atoms with Crippen molar-refractivity contribution >= 4 is 11.7 Å². The van der Waals surface area contributed by atoms with Crippen LogP contribution in [0.25, 0.3) is 0 Å². The number of aromatic hydroxyl groups is 1. The summed E-state index contributed by atoms with van der Waals surface area (Å²) in [4.78, 5) is 11.4. The Morgan fingerprint density at radius 3 is 2.57 bits per heavy atom. The van der Waals surface area contributed by atoms with Gasteiger partial charge in [0, 0.05) is 23.9 Å². The molecule has 2 rings (SSSR count). The molecule has 5 heteroatoms. The summed E-state index contributed by atoms with van der Waals surface area (Å²) in [5.74, 6) is 4.72. The average molecular weight is 311 g/mol. The van der Waals surface area contributed by atoms with Gasteiger partial charge in [-0.15, -0.1) is 0 Å². The molecular weight excluding hydrogens is 294 g/mol. The van der Waals surface area contributed by atoms with Crippen LogP contribution in [0, 0.1) is 11.8 Å². The van der Waals surface area contributed by atoms with Crippen LogP contribution in [0.15, 0.2) is 42.5 Å². The zero-order chi connectivity index (χ0) is 16.7. The third-order valence-electron chi connectivity index (χ3n) is 3.17. The Labute approximate surface area is 134 Å². The number of hydrogen-bond acceptors (Lipinski definition) is 5. The van der Waals surface area contributed by atoms with E-state index in [4.69, 9.17) is 5.11 Å². The maximum Gasteiger partial charge on any atom is 0.341 e. The van der Waals surface area contributed by atoms with Crippen LogP contribution < -0.4 is 5.32 Å². The van der Waals surface area contributed by atoms with Crippen LogP contribution >= 0.6 is 0 Å². The van der Waals surface area contributed by atoms with Crippen LogP contribution in [-0.2, 0) is 11.3 Å². The molecule has 0 aromatic heterocycles. The van der Waals surface area contributed by atoms with E-state index in [1.807, 2.05) is 24.3 Å². The summed E-state index contributed by atoms with van der Waals surface area (Å²) in [6.07, 6.45) is 0. The summed E-state index contributed by atoms with van der Waals surface area (Å²) in [6.45, 7) is 0.402. The smallest absolute Gasteiger partial charge is 0.341 e. The lowest BCUT2D eigenvalue weighted by atomic mass is 10.1. The fraction of sp³-hybridized carbons (Fsp3) is 0.167. The molecule has 0 bridgehead atoms. The van der Waals surface area contributed by atoms with Gasteiger partial charge in [0.05, 0.1) is 7.11 Å². The van der Waals surface area contributed by atoms with Gasteiger partial charge in [0.25, 0.3) is 0 Å². The van der Waals surface area contributed by atoms with Crippen molar-refractivity contribution in [1.82, 2.24) is 0 Å². The van der Waals surface area contributed by atoms with Crippen molar-refractivity contribution in [1.29, 1.82) is 0 Å². The summed E-state index contributed by atoms with van der Waals surface area (Å²) >= 11 is 0. The van der Waals surface area contributed by atoms with Crippen LogP contribution in [-0.4, -0.2) is 29.9 Å². The number of esters is 1. The van der Waals surface area contributed by atoms with Gasteiger partial charge in [-0.3, -0.25) is 0 Å². The number of carbonyl (C=O) groups excluding carboxylic acids is 1. The molecule has 0 unspecified atom stereocenters. The van der Waals surface area contributed by atoms with Crippen molar-refractivity contribution in [2.75, 3.05) is 19.0 Å². The second kappa shape index (κ2) is 7.87. The van der Waals surface area contributed by atoms with Gasteiger partial charge in [-0.05, 0) is 29.8 Å². The Bertz CT molecular complexity index is 742. The number of phenols is 1. The molecule has 3 N–H and O–H groups in total. The molecule has 0 aliphatic rings. The molecule has 2 aromatic rings. The topological polar surface area (TPSA) is 78.8 Å². The lowest BCUT2D eigenvalue weighted by Gasteiger charge is -2.09. The molecule has 0 radical (unpaired) electrons. The van der Waals surface area contributed by atoms with Gasteiger partial charge in [-0.1, -0.05) is 24.0 Å². The van der Waals surface area contributed by atoms with Gasteiger partial charge < -0.3 is 20.3 Å². The van der Waals surface area contributed by atoms with Crippen molar-refractivity contribution < 1.29 is 19.7 Å². The Morgan fingerprint density at radius 1 is 1.22 bits per heavy atom. The zero-order valence-corrected chi connectivity index (χ0v) is 12.7. The largest absolute Gasteiger partial charge is 0.507 e. The Balaban J connectivity index is 2.00. The molecule has 118 valence electrons. The highest BCUT2D eigenvalue weighted by Gasteiger charge is 2.11. The Morgan fingerprint density at radius 2 is 1.96 bits per heavy atom.